The summed E-state index contributed by atoms with van der Waals surface area (Å²) in [5.74, 6) is 1.04. The number of nitrogens with zero attached hydrogens (tertiary/aromatic N) is 2. The van der Waals surface area contributed by atoms with Crippen LogP contribution in [0.5, 0.6) is 0 Å². The maximum atomic E-state index is 5.89. The number of ether oxygens (including phenoxy) is 1. The quantitative estimate of drug-likeness (QED) is 0.887. The van der Waals surface area contributed by atoms with Gasteiger partial charge in [-0.15, -0.1) is 0 Å². The molecule has 0 bridgehead atoms. The Labute approximate surface area is 126 Å². The van der Waals surface area contributed by atoms with Crippen LogP contribution in [0.3, 0.4) is 0 Å². The number of imidazole rings is 1. The van der Waals surface area contributed by atoms with Crippen LogP contribution in [0.25, 0.3) is 0 Å². The fraction of sp³-hybridized carbons (Fsp3) is 0.471. The highest BCUT2D eigenvalue weighted by molar-refractivity contribution is 5.14. The van der Waals surface area contributed by atoms with Crippen molar-refractivity contribution in [2.75, 3.05) is 19.7 Å². The lowest BCUT2D eigenvalue weighted by molar-refractivity contribution is -0.0361. The number of morpholine rings is 1. The van der Waals surface area contributed by atoms with Crippen LogP contribution in [0.2, 0.25) is 0 Å². The number of nitrogens with one attached hydrogen (secondary N) is 1. The molecule has 4 nitrogen and oxygen atoms in total. The topological polar surface area (TPSA) is 41.2 Å². The fourth-order valence-corrected chi connectivity index (χ4v) is 2.87. The van der Waals surface area contributed by atoms with Gasteiger partial charge < -0.3 is 9.72 Å². The van der Waals surface area contributed by atoms with Gasteiger partial charge >= 0.3 is 0 Å². The summed E-state index contributed by atoms with van der Waals surface area (Å²) in [5, 5.41) is 0. The summed E-state index contributed by atoms with van der Waals surface area (Å²) in [4.78, 5) is 9.90. The van der Waals surface area contributed by atoms with Crippen molar-refractivity contribution in [1.82, 2.24) is 14.9 Å². The van der Waals surface area contributed by atoms with E-state index in [0.29, 0.717) is 6.10 Å². The molecule has 0 aliphatic carbocycles. The lowest BCUT2D eigenvalue weighted by atomic mass is 10.1. The highest BCUT2D eigenvalue weighted by Gasteiger charge is 2.20. The molecule has 1 N–H and O–H groups in total. The molecule has 1 atom stereocenters. The Morgan fingerprint density at radius 2 is 2.19 bits per heavy atom. The molecule has 0 amide bonds. The van der Waals surface area contributed by atoms with Gasteiger partial charge in [0, 0.05) is 25.5 Å². The Kier molecular flexibility index (Phi) is 5.03. The minimum Gasteiger partial charge on any atom is -0.376 e. The van der Waals surface area contributed by atoms with Crippen LogP contribution >= 0.6 is 0 Å². The van der Waals surface area contributed by atoms with E-state index in [-0.39, 0.29) is 0 Å². The molecule has 0 unspecified atom stereocenters. The highest BCUT2D eigenvalue weighted by atomic mass is 16.5. The van der Waals surface area contributed by atoms with Gasteiger partial charge in [-0.1, -0.05) is 30.3 Å². The van der Waals surface area contributed by atoms with Crippen LogP contribution < -0.4 is 0 Å². The molecule has 21 heavy (non-hydrogen) atoms. The normalized spacial score (nSPS) is 19.7. The Morgan fingerprint density at radius 3 is 3.00 bits per heavy atom. The summed E-state index contributed by atoms with van der Waals surface area (Å²) >= 11 is 0. The van der Waals surface area contributed by atoms with Crippen LogP contribution in [0.1, 0.15) is 24.2 Å². The molecule has 3 rings (SSSR count). The van der Waals surface area contributed by atoms with Gasteiger partial charge in [-0.25, -0.2) is 4.98 Å². The Morgan fingerprint density at radius 1 is 1.29 bits per heavy atom. The molecule has 0 radical (unpaired) electrons. The van der Waals surface area contributed by atoms with Crippen molar-refractivity contribution in [3.63, 3.8) is 0 Å². The number of hydrogen-bond donors (Lipinski definition) is 1. The summed E-state index contributed by atoms with van der Waals surface area (Å²) in [6, 6.07) is 10.7. The van der Waals surface area contributed by atoms with Crippen LogP contribution in [-0.4, -0.2) is 40.7 Å². The summed E-state index contributed by atoms with van der Waals surface area (Å²) in [7, 11) is 0. The van der Waals surface area contributed by atoms with Gasteiger partial charge in [0.25, 0.3) is 0 Å². The third-order valence-electron chi connectivity index (χ3n) is 3.99. The van der Waals surface area contributed by atoms with E-state index in [1.165, 1.54) is 12.0 Å². The first-order valence-corrected chi connectivity index (χ1v) is 7.76. The molecule has 1 aliphatic heterocycles. The predicted octanol–water partition coefficient (Wildman–Crippen LogP) is 2.63. The van der Waals surface area contributed by atoms with E-state index < -0.39 is 0 Å². The Hall–Kier alpha value is -1.65. The Balaban J connectivity index is 1.41. The van der Waals surface area contributed by atoms with Gasteiger partial charge in [0.1, 0.15) is 5.82 Å². The minimum atomic E-state index is 0.359. The zero-order valence-corrected chi connectivity index (χ0v) is 12.4. The first-order valence-electron chi connectivity index (χ1n) is 7.76. The number of benzene rings is 1. The van der Waals surface area contributed by atoms with E-state index in [4.69, 9.17) is 4.74 Å². The van der Waals surface area contributed by atoms with Gasteiger partial charge in [-0.3, -0.25) is 4.90 Å². The maximum Gasteiger partial charge on any atom is 0.120 e. The summed E-state index contributed by atoms with van der Waals surface area (Å²) in [5.41, 5.74) is 1.42. The van der Waals surface area contributed by atoms with Gasteiger partial charge in [0.05, 0.1) is 19.3 Å². The first-order chi connectivity index (χ1) is 10.4. The van der Waals surface area contributed by atoms with Gasteiger partial charge in [-0.05, 0) is 24.8 Å². The van der Waals surface area contributed by atoms with E-state index in [0.717, 1.165) is 44.9 Å². The average Bonchev–Trinajstić information content (AvgIpc) is 3.02. The molecule has 1 aliphatic rings. The monoisotopic (exact) mass is 285 g/mol. The maximum absolute atomic E-state index is 5.89. The largest absolute Gasteiger partial charge is 0.376 e. The van der Waals surface area contributed by atoms with Crippen molar-refractivity contribution in [2.45, 2.75) is 31.9 Å². The van der Waals surface area contributed by atoms with Crippen molar-refractivity contribution in [2.24, 2.45) is 0 Å². The van der Waals surface area contributed by atoms with E-state index in [1.807, 2.05) is 12.4 Å². The zero-order valence-electron chi connectivity index (χ0n) is 12.4. The van der Waals surface area contributed by atoms with Gasteiger partial charge in [0.15, 0.2) is 0 Å². The predicted molar refractivity (Wildman–Crippen MR) is 83.0 cm³/mol. The van der Waals surface area contributed by atoms with E-state index in [9.17, 15) is 0 Å². The second-order valence-corrected chi connectivity index (χ2v) is 5.64. The molecule has 1 fully saturated rings. The SMILES string of the molecule is c1ccc(CCC[C@@H]2CN(Cc3ncc[nH]3)CCO2)cc1. The molecule has 0 spiro atoms. The third-order valence-corrected chi connectivity index (χ3v) is 3.99. The number of aromatic amines is 1. The van der Waals surface area contributed by atoms with E-state index in [1.54, 1.807) is 0 Å². The fourth-order valence-electron chi connectivity index (χ4n) is 2.87. The second-order valence-electron chi connectivity index (χ2n) is 5.64. The smallest absolute Gasteiger partial charge is 0.120 e. The van der Waals surface area contributed by atoms with Crippen molar-refractivity contribution < 1.29 is 4.74 Å². The number of aryl methyl sites for hydroxylation is 1. The van der Waals surface area contributed by atoms with Crippen LogP contribution in [0.15, 0.2) is 42.7 Å². The van der Waals surface area contributed by atoms with Crippen molar-refractivity contribution >= 4 is 0 Å². The molecular weight excluding hydrogens is 262 g/mol. The number of rotatable bonds is 6. The molecule has 1 saturated heterocycles. The third kappa shape index (κ3) is 4.41. The molecule has 2 aromatic rings. The van der Waals surface area contributed by atoms with Crippen LogP contribution in [0, 0.1) is 0 Å². The number of aromatic nitrogens is 2. The van der Waals surface area contributed by atoms with Crippen molar-refractivity contribution in [1.29, 1.82) is 0 Å². The zero-order chi connectivity index (χ0) is 14.3. The Bertz CT molecular complexity index is 512. The van der Waals surface area contributed by atoms with Crippen molar-refractivity contribution in [3.05, 3.63) is 54.1 Å². The highest BCUT2D eigenvalue weighted by Crippen LogP contribution is 2.14. The van der Waals surface area contributed by atoms with Gasteiger partial charge in [0.2, 0.25) is 0 Å². The standard InChI is InChI=1S/C17H23N3O/c1-2-5-15(6-3-1)7-4-8-16-13-20(11-12-21-16)14-17-18-9-10-19-17/h1-3,5-6,9-10,16H,4,7-8,11-14H2,(H,18,19)/t16-/m1/s1. The molecule has 1 aromatic carbocycles. The summed E-state index contributed by atoms with van der Waals surface area (Å²) < 4.78 is 5.89. The first kappa shape index (κ1) is 14.3. The van der Waals surface area contributed by atoms with E-state index >= 15 is 0 Å². The molecule has 2 heterocycles. The second kappa shape index (κ2) is 7.38. The molecule has 112 valence electrons. The minimum absolute atomic E-state index is 0.359. The molecule has 4 heteroatoms. The van der Waals surface area contributed by atoms with Crippen molar-refractivity contribution in [3.8, 4) is 0 Å². The van der Waals surface area contributed by atoms with Crippen LogP contribution in [-0.2, 0) is 17.7 Å². The van der Waals surface area contributed by atoms with Crippen LogP contribution in [0.4, 0.5) is 0 Å². The van der Waals surface area contributed by atoms with Gasteiger partial charge in [-0.2, -0.15) is 0 Å². The molecule has 0 saturated carbocycles. The summed E-state index contributed by atoms with van der Waals surface area (Å²) in [6.45, 7) is 3.73. The number of H-pyrrole nitrogens is 1. The van der Waals surface area contributed by atoms with E-state index in [2.05, 4.69) is 45.2 Å². The summed E-state index contributed by atoms with van der Waals surface area (Å²) in [6.07, 6.45) is 7.50. The lowest BCUT2D eigenvalue weighted by Crippen LogP contribution is -2.42. The number of hydrogen-bond acceptors (Lipinski definition) is 3. The average molecular weight is 285 g/mol. The lowest BCUT2D eigenvalue weighted by Gasteiger charge is -2.32. The molecule has 1 aromatic heterocycles. The molecular formula is C17H23N3O.